The van der Waals surface area contributed by atoms with Crippen LogP contribution in [-0.2, 0) is 0 Å². The molecule has 86 valence electrons. The van der Waals surface area contributed by atoms with Crippen molar-refractivity contribution in [3.8, 4) is 0 Å². The minimum Gasteiger partial charge on any atom is -0.360 e. The average molecular weight is 267 g/mol. The Morgan fingerprint density at radius 3 is 3.00 bits per heavy atom. The molecule has 1 atom stereocenters. The highest BCUT2D eigenvalue weighted by Gasteiger charge is 2.25. The van der Waals surface area contributed by atoms with Crippen LogP contribution in [-0.4, -0.2) is 15.5 Å². The van der Waals surface area contributed by atoms with E-state index in [2.05, 4.69) is 20.2 Å². The van der Waals surface area contributed by atoms with E-state index in [1.54, 1.807) is 23.6 Å². The summed E-state index contributed by atoms with van der Waals surface area (Å²) in [4.78, 5) is 11.9. The van der Waals surface area contributed by atoms with Gasteiger partial charge in [0.2, 0.25) is 0 Å². The van der Waals surface area contributed by atoms with Crippen molar-refractivity contribution in [1.82, 2.24) is 14.9 Å². The summed E-state index contributed by atoms with van der Waals surface area (Å²) in [6.45, 7) is 0. The van der Waals surface area contributed by atoms with Gasteiger partial charge in [-0.15, -0.1) is 5.10 Å². The minimum atomic E-state index is -0.354. The molecule has 1 aliphatic heterocycles. The van der Waals surface area contributed by atoms with Crippen LogP contribution in [0.5, 0.6) is 0 Å². The maximum absolute atomic E-state index is 11.9. The summed E-state index contributed by atoms with van der Waals surface area (Å²) in [5.41, 5.74) is 1.97. The van der Waals surface area contributed by atoms with Crippen LogP contribution >= 0.6 is 23.1 Å². The number of hydrogen-bond donors (Lipinski definition) is 2. The normalized spacial score (nSPS) is 18.2. The van der Waals surface area contributed by atoms with E-state index in [0.29, 0.717) is 22.0 Å². The zero-order valence-corrected chi connectivity index (χ0v) is 10.0. The van der Waals surface area contributed by atoms with E-state index in [0.717, 1.165) is 0 Å². The van der Waals surface area contributed by atoms with E-state index in [1.165, 1.54) is 11.5 Å². The van der Waals surface area contributed by atoms with Crippen LogP contribution in [0.15, 0.2) is 23.6 Å². The quantitative estimate of drug-likeness (QED) is 0.829. The van der Waals surface area contributed by atoms with Gasteiger partial charge in [-0.05, 0) is 29.7 Å². The molecule has 17 heavy (non-hydrogen) atoms. The third kappa shape index (κ3) is 1.85. The van der Waals surface area contributed by atoms with Crippen LogP contribution in [0.3, 0.4) is 0 Å². The fourth-order valence-corrected chi connectivity index (χ4v) is 2.33. The first-order valence-corrected chi connectivity index (χ1v) is 6.09. The highest BCUT2D eigenvalue weighted by molar-refractivity contribution is 7.03. The number of amides is 1. The number of hydrogen-bond acceptors (Lipinski definition) is 5. The Morgan fingerprint density at radius 1 is 1.35 bits per heavy atom. The highest BCUT2D eigenvalue weighted by Crippen LogP contribution is 2.28. The number of aromatic nitrogens is 2. The summed E-state index contributed by atoms with van der Waals surface area (Å²) < 4.78 is 3.77. The van der Waals surface area contributed by atoms with Crippen molar-refractivity contribution in [3.05, 3.63) is 39.9 Å². The van der Waals surface area contributed by atoms with Gasteiger partial charge >= 0.3 is 0 Å². The topological polar surface area (TPSA) is 66.9 Å². The van der Waals surface area contributed by atoms with Gasteiger partial charge in [0, 0.05) is 10.4 Å². The molecular weight excluding hydrogens is 260 g/mol. The zero-order valence-electron chi connectivity index (χ0n) is 8.48. The Kier molecular flexibility index (Phi) is 2.45. The van der Waals surface area contributed by atoms with Gasteiger partial charge in [0.1, 0.15) is 11.9 Å². The SMILES string of the molecule is O=C1NC(c2csnn2)Nc2cc(Cl)ccc21. The summed E-state index contributed by atoms with van der Waals surface area (Å²) >= 11 is 7.14. The predicted molar refractivity (Wildman–Crippen MR) is 65.2 cm³/mol. The molecule has 1 aromatic carbocycles. The molecule has 1 unspecified atom stereocenters. The Balaban J connectivity index is 2.00. The third-order valence-electron chi connectivity index (χ3n) is 2.47. The number of halogens is 1. The Labute approximate surface area is 106 Å². The van der Waals surface area contributed by atoms with Crippen molar-refractivity contribution in [3.63, 3.8) is 0 Å². The van der Waals surface area contributed by atoms with Crippen molar-refractivity contribution >= 4 is 34.7 Å². The highest BCUT2D eigenvalue weighted by atomic mass is 35.5. The van der Waals surface area contributed by atoms with Crippen molar-refractivity contribution in [2.24, 2.45) is 0 Å². The van der Waals surface area contributed by atoms with Gasteiger partial charge in [0.05, 0.1) is 11.3 Å². The molecular formula is C10H7ClN4OS. The lowest BCUT2D eigenvalue weighted by Gasteiger charge is -2.26. The molecule has 1 amide bonds. The minimum absolute atomic E-state index is 0.145. The molecule has 3 rings (SSSR count). The van der Waals surface area contributed by atoms with Crippen molar-refractivity contribution < 1.29 is 4.79 Å². The number of fused-ring (bicyclic) bond motifs is 1. The van der Waals surface area contributed by atoms with E-state index in [4.69, 9.17) is 11.6 Å². The van der Waals surface area contributed by atoms with E-state index in [-0.39, 0.29) is 12.1 Å². The van der Waals surface area contributed by atoms with Gasteiger partial charge < -0.3 is 10.6 Å². The summed E-state index contributed by atoms with van der Waals surface area (Å²) in [6, 6.07) is 5.10. The van der Waals surface area contributed by atoms with Gasteiger partial charge in [-0.1, -0.05) is 16.1 Å². The van der Waals surface area contributed by atoms with Crippen LogP contribution in [0.1, 0.15) is 22.2 Å². The second-order valence-electron chi connectivity index (χ2n) is 3.57. The smallest absolute Gasteiger partial charge is 0.255 e. The second-order valence-corrected chi connectivity index (χ2v) is 4.62. The molecule has 2 N–H and O–H groups in total. The number of anilines is 1. The molecule has 0 aliphatic carbocycles. The Hall–Kier alpha value is -1.66. The molecule has 1 aliphatic rings. The molecule has 0 fully saturated rings. The van der Waals surface area contributed by atoms with E-state index in [1.807, 2.05) is 0 Å². The number of rotatable bonds is 1. The van der Waals surface area contributed by atoms with Crippen LogP contribution < -0.4 is 10.6 Å². The van der Waals surface area contributed by atoms with Crippen LogP contribution in [0.4, 0.5) is 5.69 Å². The third-order valence-corrected chi connectivity index (χ3v) is 3.23. The molecule has 5 nitrogen and oxygen atoms in total. The average Bonchev–Trinajstić information content (AvgIpc) is 2.81. The first-order valence-electron chi connectivity index (χ1n) is 4.88. The molecule has 7 heteroatoms. The van der Waals surface area contributed by atoms with Gasteiger partial charge in [-0.25, -0.2) is 0 Å². The molecule has 2 heterocycles. The van der Waals surface area contributed by atoms with Crippen molar-refractivity contribution in [1.29, 1.82) is 0 Å². The fourth-order valence-electron chi connectivity index (χ4n) is 1.68. The number of nitrogens with zero attached hydrogens (tertiary/aromatic N) is 2. The molecule has 0 bridgehead atoms. The van der Waals surface area contributed by atoms with E-state index >= 15 is 0 Å². The monoisotopic (exact) mass is 266 g/mol. The standard InChI is InChI=1S/C10H7ClN4OS/c11-5-1-2-6-7(3-5)12-9(13-10(6)16)8-4-17-15-14-8/h1-4,9,12H,(H,13,16). The van der Waals surface area contributed by atoms with Gasteiger partial charge in [-0.3, -0.25) is 4.79 Å². The maximum atomic E-state index is 11.9. The van der Waals surface area contributed by atoms with Crippen LogP contribution in [0.25, 0.3) is 0 Å². The molecule has 1 aromatic heterocycles. The van der Waals surface area contributed by atoms with Gasteiger partial charge in [0.25, 0.3) is 5.91 Å². The molecule has 2 aromatic rings. The maximum Gasteiger partial charge on any atom is 0.255 e. The first-order chi connectivity index (χ1) is 8.24. The number of benzene rings is 1. The van der Waals surface area contributed by atoms with Crippen molar-refractivity contribution in [2.45, 2.75) is 6.17 Å². The zero-order chi connectivity index (χ0) is 11.8. The molecule has 0 spiro atoms. The summed E-state index contributed by atoms with van der Waals surface area (Å²) in [5, 5.41) is 12.3. The summed E-state index contributed by atoms with van der Waals surface area (Å²) in [5.74, 6) is -0.145. The fraction of sp³-hybridized carbons (Fsp3) is 0.100. The lowest BCUT2D eigenvalue weighted by molar-refractivity contribution is 0.0935. The van der Waals surface area contributed by atoms with Crippen LogP contribution in [0.2, 0.25) is 5.02 Å². The van der Waals surface area contributed by atoms with E-state index < -0.39 is 0 Å². The Bertz CT molecular complexity index is 572. The predicted octanol–water partition coefficient (Wildman–Crippen LogP) is 2.05. The molecule has 0 radical (unpaired) electrons. The first kappa shape index (κ1) is 10.5. The van der Waals surface area contributed by atoms with Crippen molar-refractivity contribution in [2.75, 3.05) is 5.32 Å². The number of nitrogens with one attached hydrogen (secondary N) is 2. The summed E-state index contributed by atoms with van der Waals surface area (Å²) in [7, 11) is 0. The second kappa shape index (κ2) is 3.97. The lowest BCUT2D eigenvalue weighted by atomic mass is 10.1. The van der Waals surface area contributed by atoms with Gasteiger partial charge in [-0.2, -0.15) is 0 Å². The Morgan fingerprint density at radius 2 is 2.24 bits per heavy atom. The molecule has 0 saturated carbocycles. The number of carbonyl (C=O) groups excluding carboxylic acids is 1. The van der Waals surface area contributed by atoms with Gasteiger partial charge in [0.15, 0.2) is 0 Å². The lowest BCUT2D eigenvalue weighted by Crippen LogP contribution is -2.38. The summed E-state index contributed by atoms with van der Waals surface area (Å²) in [6.07, 6.45) is -0.354. The number of carbonyl (C=O) groups is 1. The largest absolute Gasteiger partial charge is 0.360 e. The van der Waals surface area contributed by atoms with Crippen LogP contribution in [0, 0.1) is 0 Å². The molecule has 0 saturated heterocycles. The van der Waals surface area contributed by atoms with E-state index in [9.17, 15) is 4.79 Å².